The van der Waals surface area contributed by atoms with Crippen LogP contribution < -0.4 is 21.7 Å². The van der Waals surface area contributed by atoms with Crippen LogP contribution in [0, 0.1) is 0 Å². The summed E-state index contributed by atoms with van der Waals surface area (Å²) in [7, 11) is 0. The Kier molecular flexibility index (Phi) is 5.91. The minimum absolute atomic E-state index is 0.174. The van der Waals surface area contributed by atoms with Gasteiger partial charge in [-0.25, -0.2) is 9.78 Å². The molecule has 1 atom stereocenters. The van der Waals surface area contributed by atoms with E-state index in [-0.39, 0.29) is 22.9 Å². The lowest BCUT2D eigenvalue weighted by Crippen LogP contribution is -2.28. The van der Waals surface area contributed by atoms with E-state index >= 15 is 0 Å². The van der Waals surface area contributed by atoms with E-state index in [1.54, 1.807) is 22.9 Å². The number of allylic oxidation sites excluding steroid dienone is 1. The number of aromatic nitrogens is 5. The highest BCUT2D eigenvalue weighted by Crippen LogP contribution is 2.42. The molecule has 0 saturated heterocycles. The maximum atomic E-state index is 12.4. The number of hydrogen-bond donors (Lipinski definition) is 4. The van der Waals surface area contributed by atoms with Gasteiger partial charge in [-0.15, -0.1) is 11.8 Å². The highest BCUT2D eigenvalue weighted by Gasteiger charge is 2.29. The SMILES string of the molecule is O=C(NCCC(F)(F)F)C1=CCC(c2cc(=NC3CC3)n3ncc(=Cc4[nH]c(=O)[nH]c4O)c3n2)S1. The molecular formula is C21H20F3N7O3S. The Morgan fingerprint density at radius 1 is 1.37 bits per heavy atom. The Morgan fingerprint density at radius 2 is 2.17 bits per heavy atom. The van der Waals surface area contributed by atoms with Gasteiger partial charge < -0.3 is 15.4 Å². The maximum absolute atomic E-state index is 12.4. The first-order valence-corrected chi connectivity index (χ1v) is 11.7. The molecule has 10 nitrogen and oxygen atoms in total. The van der Waals surface area contributed by atoms with E-state index < -0.39 is 30.7 Å². The van der Waals surface area contributed by atoms with Gasteiger partial charge in [-0.3, -0.25) is 14.8 Å². The van der Waals surface area contributed by atoms with E-state index in [9.17, 15) is 27.9 Å². The van der Waals surface area contributed by atoms with Gasteiger partial charge >= 0.3 is 11.9 Å². The van der Waals surface area contributed by atoms with Gasteiger partial charge in [0.2, 0.25) is 5.88 Å². The molecule has 3 aromatic rings. The lowest BCUT2D eigenvalue weighted by molar-refractivity contribution is -0.134. The number of aromatic amines is 2. The molecule has 14 heteroatoms. The number of H-pyrrole nitrogens is 2. The van der Waals surface area contributed by atoms with Crippen molar-refractivity contribution in [3.05, 3.63) is 55.8 Å². The van der Waals surface area contributed by atoms with Gasteiger partial charge in [0.15, 0.2) is 11.1 Å². The zero-order valence-corrected chi connectivity index (χ0v) is 18.9. The third-order valence-corrected chi connectivity index (χ3v) is 6.76. The molecule has 0 aromatic carbocycles. The van der Waals surface area contributed by atoms with Crippen LogP contribution >= 0.6 is 11.8 Å². The van der Waals surface area contributed by atoms with Crippen LogP contribution in [0.2, 0.25) is 0 Å². The number of carbonyl (C=O) groups is 1. The molecule has 0 spiro atoms. The molecule has 2 aliphatic rings. The summed E-state index contributed by atoms with van der Waals surface area (Å²) in [5, 5.41) is 16.9. The first-order valence-electron chi connectivity index (χ1n) is 10.8. The molecular weight excluding hydrogens is 487 g/mol. The molecule has 3 aromatic heterocycles. The minimum atomic E-state index is -4.34. The number of amides is 1. The average molecular weight is 507 g/mol. The maximum Gasteiger partial charge on any atom is 0.390 e. The van der Waals surface area contributed by atoms with Crippen LogP contribution in [0.5, 0.6) is 5.88 Å². The molecule has 1 aliphatic carbocycles. The van der Waals surface area contributed by atoms with Crippen LogP contribution in [-0.4, -0.2) is 54.3 Å². The van der Waals surface area contributed by atoms with Crippen molar-refractivity contribution < 1.29 is 23.1 Å². The number of nitrogens with one attached hydrogen (secondary N) is 3. The molecule has 5 rings (SSSR count). The van der Waals surface area contributed by atoms with Gasteiger partial charge in [0.05, 0.1) is 34.5 Å². The first kappa shape index (κ1) is 23.2. The number of hydrogen-bond acceptors (Lipinski definition) is 7. The molecule has 1 amide bonds. The fraction of sp³-hybridized carbons (Fsp3) is 0.381. The topological polar surface area (TPSA) is 141 Å². The van der Waals surface area contributed by atoms with E-state index in [4.69, 9.17) is 9.98 Å². The second kappa shape index (κ2) is 8.91. The second-order valence-corrected chi connectivity index (χ2v) is 9.50. The van der Waals surface area contributed by atoms with Gasteiger partial charge in [0.1, 0.15) is 5.69 Å². The second-order valence-electron chi connectivity index (χ2n) is 8.25. The number of imidazole rings is 1. The Labute approximate surface area is 199 Å². The highest BCUT2D eigenvalue weighted by atomic mass is 32.2. The molecule has 35 heavy (non-hydrogen) atoms. The van der Waals surface area contributed by atoms with Gasteiger partial charge in [-0.05, 0) is 25.3 Å². The molecule has 0 bridgehead atoms. The van der Waals surface area contributed by atoms with Crippen LogP contribution in [0.4, 0.5) is 13.2 Å². The van der Waals surface area contributed by atoms with Crippen molar-refractivity contribution in [3.8, 4) is 5.88 Å². The van der Waals surface area contributed by atoms with E-state index in [1.807, 2.05) is 0 Å². The van der Waals surface area contributed by atoms with Crippen molar-refractivity contribution >= 4 is 29.4 Å². The Balaban J connectivity index is 1.44. The summed E-state index contributed by atoms with van der Waals surface area (Å²) in [5.41, 5.74) is 1.29. The fourth-order valence-corrected chi connectivity index (χ4v) is 4.69. The number of aromatic hydroxyl groups is 1. The molecule has 1 aliphatic heterocycles. The lowest BCUT2D eigenvalue weighted by atomic mass is 10.2. The molecule has 0 radical (unpaired) electrons. The predicted molar refractivity (Wildman–Crippen MR) is 120 cm³/mol. The Hall–Kier alpha value is -3.55. The Morgan fingerprint density at radius 3 is 2.86 bits per heavy atom. The summed E-state index contributed by atoms with van der Waals surface area (Å²) in [4.78, 5) is 38.3. The molecule has 1 saturated carbocycles. The van der Waals surface area contributed by atoms with Crippen molar-refractivity contribution in [2.24, 2.45) is 4.99 Å². The lowest BCUT2D eigenvalue weighted by Gasteiger charge is -2.11. The fourth-order valence-electron chi connectivity index (χ4n) is 3.57. The highest BCUT2D eigenvalue weighted by molar-refractivity contribution is 8.04. The van der Waals surface area contributed by atoms with Crippen LogP contribution in [-0.2, 0) is 4.79 Å². The number of thioether (sulfide) groups is 1. The smallest absolute Gasteiger partial charge is 0.390 e. The van der Waals surface area contributed by atoms with E-state index in [0.717, 1.165) is 12.8 Å². The zero-order valence-electron chi connectivity index (χ0n) is 18.1. The molecule has 184 valence electrons. The van der Waals surface area contributed by atoms with Gasteiger partial charge in [-0.1, -0.05) is 6.08 Å². The van der Waals surface area contributed by atoms with E-state index in [2.05, 4.69) is 20.4 Å². The summed E-state index contributed by atoms with van der Waals surface area (Å²) >= 11 is 1.23. The van der Waals surface area contributed by atoms with Crippen molar-refractivity contribution in [1.29, 1.82) is 0 Å². The monoisotopic (exact) mass is 507 g/mol. The van der Waals surface area contributed by atoms with Crippen LogP contribution in [0.25, 0.3) is 11.7 Å². The van der Waals surface area contributed by atoms with Gasteiger partial charge in [0, 0.05) is 17.8 Å². The number of fused-ring (bicyclic) bond motifs is 1. The van der Waals surface area contributed by atoms with Crippen LogP contribution in [0.3, 0.4) is 0 Å². The number of alkyl halides is 3. The summed E-state index contributed by atoms with van der Waals surface area (Å²) < 4.78 is 38.7. The summed E-state index contributed by atoms with van der Waals surface area (Å²) in [6, 6.07) is 1.99. The van der Waals surface area contributed by atoms with Crippen molar-refractivity contribution in [2.45, 2.75) is 43.2 Å². The quantitative estimate of drug-likeness (QED) is 0.395. The van der Waals surface area contributed by atoms with Crippen molar-refractivity contribution in [2.75, 3.05) is 6.54 Å². The van der Waals surface area contributed by atoms with Crippen molar-refractivity contribution in [1.82, 2.24) is 29.9 Å². The predicted octanol–water partition coefficient (Wildman–Crippen LogP) is 1.19. The molecule has 1 fully saturated rings. The first-order chi connectivity index (χ1) is 16.7. The normalized spacial score (nSPS) is 19.5. The zero-order chi connectivity index (χ0) is 24.7. The summed E-state index contributed by atoms with van der Waals surface area (Å²) in [5.74, 6) is -0.860. The molecule has 4 heterocycles. The molecule has 1 unspecified atom stereocenters. The minimum Gasteiger partial charge on any atom is -0.493 e. The molecule has 4 N–H and O–H groups in total. The van der Waals surface area contributed by atoms with E-state index in [1.165, 1.54) is 17.8 Å². The number of nitrogens with zero attached hydrogens (tertiary/aromatic N) is 4. The Bertz CT molecular complexity index is 1500. The van der Waals surface area contributed by atoms with Crippen LogP contribution in [0.15, 0.2) is 33.0 Å². The largest absolute Gasteiger partial charge is 0.493 e. The van der Waals surface area contributed by atoms with Crippen LogP contribution in [0.1, 0.15) is 42.3 Å². The number of carbonyl (C=O) groups excluding carboxylic acids is 1. The standard InChI is InChI=1S/C21H20F3N7O3S/c22-21(23,24)5-6-25-19(33)15-4-3-14(35-15)12-8-16(27-11-1-2-11)31-17(28-12)10(9-26-31)7-13-18(32)30-20(34)29-13/h4,7-9,11,14,32H,1-3,5-6H2,(H,25,33)(H2,29,30,34). The number of halogens is 3. The number of rotatable bonds is 6. The van der Waals surface area contributed by atoms with Crippen molar-refractivity contribution in [3.63, 3.8) is 0 Å². The summed E-state index contributed by atoms with van der Waals surface area (Å²) in [6.07, 6.45) is 1.76. The van der Waals surface area contributed by atoms with Gasteiger partial charge in [0.25, 0.3) is 5.91 Å². The van der Waals surface area contributed by atoms with E-state index in [0.29, 0.717) is 33.4 Å². The third-order valence-electron chi connectivity index (χ3n) is 5.43. The van der Waals surface area contributed by atoms with Gasteiger partial charge in [-0.2, -0.15) is 22.8 Å². The summed E-state index contributed by atoms with van der Waals surface area (Å²) in [6.45, 7) is -0.483. The average Bonchev–Trinajstić information content (AvgIpc) is 3.17. The third kappa shape index (κ3) is 5.26.